The van der Waals surface area contributed by atoms with Crippen LogP contribution in [0.25, 0.3) is 0 Å². The molecular weight excluding hydrogens is 408 g/mol. The highest BCUT2D eigenvalue weighted by atomic mass is 32.2. The van der Waals surface area contributed by atoms with Gasteiger partial charge in [0.1, 0.15) is 0 Å². The van der Waals surface area contributed by atoms with Crippen molar-refractivity contribution in [2.75, 3.05) is 16.2 Å². The van der Waals surface area contributed by atoms with E-state index in [1.54, 1.807) is 36.4 Å². The SMILES string of the molecule is Cc1ccc(S(=O)(=O)N2CCCc3ccc(NC(=O)c4ccc(C)c(C)c4)cc32)cc1. The minimum absolute atomic E-state index is 0.216. The highest BCUT2D eigenvalue weighted by molar-refractivity contribution is 7.92. The Morgan fingerprint density at radius 3 is 2.35 bits per heavy atom. The Balaban J connectivity index is 1.65. The van der Waals surface area contributed by atoms with E-state index in [0.717, 1.165) is 35.1 Å². The summed E-state index contributed by atoms with van der Waals surface area (Å²) in [6.45, 7) is 6.32. The van der Waals surface area contributed by atoms with Gasteiger partial charge in [-0.05, 0) is 86.7 Å². The van der Waals surface area contributed by atoms with E-state index in [0.29, 0.717) is 23.5 Å². The lowest BCUT2D eigenvalue weighted by Gasteiger charge is -2.31. The number of carbonyl (C=O) groups excluding carboxylic acids is 1. The number of amides is 1. The monoisotopic (exact) mass is 434 g/mol. The molecule has 3 aromatic carbocycles. The predicted octanol–water partition coefficient (Wildman–Crippen LogP) is 5.01. The van der Waals surface area contributed by atoms with Crippen molar-refractivity contribution in [2.45, 2.75) is 38.5 Å². The van der Waals surface area contributed by atoms with Crippen LogP contribution in [-0.2, 0) is 16.4 Å². The van der Waals surface area contributed by atoms with Crippen LogP contribution in [-0.4, -0.2) is 20.9 Å². The summed E-state index contributed by atoms with van der Waals surface area (Å²) >= 11 is 0. The van der Waals surface area contributed by atoms with Crippen molar-refractivity contribution in [3.8, 4) is 0 Å². The van der Waals surface area contributed by atoms with Crippen molar-refractivity contribution in [3.05, 3.63) is 88.5 Å². The molecule has 4 rings (SSSR count). The van der Waals surface area contributed by atoms with E-state index in [1.165, 1.54) is 4.31 Å². The number of sulfonamides is 1. The first-order chi connectivity index (χ1) is 14.8. The molecule has 31 heavy (non-hydrogen) atoms. The van der Waals surface area contributed by atoms with Crippen LogP contribution in [0.2, 0.25) is 0 Å². The Labute approximate surface area is 183 Å². The molecule has 0 atom stereocenters. The lowest BCUT2D eigenvalue weighted by Crippen LogP contribution is -2.35. The summed E-state index contributed by atoms with van der Waals surface area (Å²) in [6, 6.07) is 18.0. The minimum Gasteiger partial charge on any atom is -0.322 e. The topological polar surface area (TPSA) is 66.5 Å². The molecule has 1 heterocycles. The maximum absolute atomic E-state index is 13.3. The zero-order chi connectivity index (χ0) is 22.2. The smallest absolute Gasteiger partial charge is 0.264 e. The molecule has 160 valence electrons. The Morgan fingerprint density at radius 2 is 1.65 bits per heavy atom. The van der Waals surface area contributed by atoms with E-state index in [4.69, 9.17) is 0 Å². The summed E-state index contributed by atoms with van der Waals surface area (Å²) in [4.78, 5) is 13.0. The van der Waals surface area contributed by atoms with Gasteiger partial charge in [0.15, 0.2) is 0 Å². The van der Waals surface area contributed by atoms with Crippen LogP contribution in [0, 0.1) is 20.8 Å². The van der Waals surface area contributed by atoms with E-state index < -0.39 is 10.0 Å². The van der Waals surface area contributed by atoms with E-state index in [-0.39, 0.29) is 10.8 Å². The molecule has 3 aromatic rings. The maximum Gasteiger partial charge on any atom is 0.264 e. The summed E-state index contributed by atoms with van der Waals surface area (Å²) in [7, 11) is -3.68. The lowest BCUT2D eigenvalue weighted by molar-refractivity contribution is 0.102. The maximum atomic E-state index is 13.3. The van der Waals surface area contributed by atoms with Gasteiger partial charge < -0.3 is 5.32 Å². The number of hydrogen-bond acceptors (Lipinski definition) is 3. The van der Waals surface area contributed by atoms with E-state index >= 15 is 0 Å². The molecule has 0 bridgehead atoms. The molecule has 0 radical (unpaired) electrons. The summed E-state index contributed by atoms with van der Waals surface area (Å²) in [5.41, 5.74) is 5.93. The van der Waals surface area contributed by atoms with Gasteiger partial charge in [0.25, 0.3) is 15.9 Å². The van der Waals surface area contributed by atoms with Gasteiger partial charge in [-0.3, -0.25) is 9.10 Å². The Morgan fingerprint density at radius 1 is 0.903 bits per heavy atom. The fourth-order valence-electron chi connectivity index (χ4n) is 3.79. The minimum atomic E-state index is -3.68. The zero-order valence-corrected chi connectivity index (χ0v) is 18.8. The number of anilines is 2. The Kier molecular flexibility index (Phi) is 5.58. The molecule has 0 unspecified atom stereocenters. The van der Waals surface area contributed by atoms with E-state index in [2.05, 4.69) is 5.32 Å². The average Bonchev–Trinajstić information content (AvgIpc) is 2.75. The second kappa shape index (κ2) is 8.19. The molecule has 1 aliphatic heterocycles. The second-order valence-electron chi connectivity index (χ2n) is 8.09. The normalized spacial score (nSPS) is 13.6. The Bertz CT molecular complexity index is 1250. The van der Waals surface area contributed by atoms with Crippen molar-refractivity contribution in [1.29, 1.82) is 0 Å². The molecule has 6 heteroatoms. The van der Waals surface area contributed by atoms with Crippen LogP contribution in [0.5, 0.6) is 0 Å². The molecule has 1 amide bonds. The average molecular weight is 435 g/mol. The number of nitrogens with zero attached hydrogens (tertiary/aromatic N) is 1. The second-order valence-corrected chi connectivity index (χ2v) is 9.95. The third-order valence-corrected chi connectivity index (χ3v) is 7.62. The van der Waals surface area contributed by atoms with Crippen molar-refractivity contribution >= 4 is 27.3 Å². The number of rotatable bonds is 4. The number of hydrogen-bond donors (Lipinski definition) is 1. The zero-order valence-electron chi connectivity index (χ0n) is 18.0. The number of nitrogens with one attached hydrogen (secondary N) is 1. The van der Waals surface area contributed by atoms with Crippen LogP contribution in [0.15, 0.2) is 65.6 Å². The predicted molar refractivity (Wildman–Crippen MR) is 124 cm³/mol. The summed E-state index contributed by atoms with van der Waals surface area (Å²) in [6.07, 6.45) is 1.56. The molecule has 0 fully saturated rings. The first-order valence-electron chi connectivity index (χ1n) is 10.4. The number of aryl methyl sites for hydroxylation is 4. The molecule has 0 saturated carbocycles. The summed E-state index contributed by atoms with van der Waals surface area (Å²) < 4.78 is 28.1. The van der Waals surface area contributed by atoms with Crippen LogP contribution in [0.4, 0.5) is 11.4 Å². The third-order valence-electron chi connectivity index (χ3n) is 5.80. The van der Waals surface area contributed by atoms with Gasteiger partial charge in [0.05, 0.1) is 10.6 Å². The number of fused-ring (bicyclic) bond motifs is 1. The molecule has 5 nitrogen and oxygen atoms in total. The highest BCUT2D eigenvalue weighted by Crippen LogP contribution is 2.34. The number of carbonyl (C=O) groups is 1. The molecule has 0 aliphatic carbocycles. The highest BCUT2D eigenvalue weighted by Gasteiger charge is 2.29. The molecule has 1 aliphatic rings. The van der Waals surface area contributed by atoms with E-state index in [1.807, 2.05) is 45.0 Å². The molecule has 0 aromatic heterocycles. The van der Waals surface area contributed by atoms with Gasteiger partial charge in [0.2, 0.25) is 0 Å². The lowest BCUT2D eigenvalue weighted by atomic mass is 10.0. The van der Waals surface area contributed by atoms with Crippen molar-refractivity contribution in [3.63, 3.8) is 0 Å². The quantitative estimate of drug-likeness (QED) is 0.628. The summed E-state index contributed by atoms with van der Waals surface area (Å²) in [5, 5.41) is 2.91. The van der Waals surface area contributed by atoms with Gasteiger partial charge in [0, 0.05) is 17.8 Å². The molecular formula is C25H26N2O3S. The van der Waals surface area contributed by atoms with Crippen molar-refractivity contribution in [1.82, 2.24) is 0 Å². The van der Waals surface area contributed by atoms with Gasteiger partial charge >= 0.3 is 0 Å². The standard InChI is InChI=1S/C25H26N2O3S/c1-17-6-12-23(13-7-17)31(29,30)27-14-4-5-20-10-11-22(16-24(20)27)26-25(28)21-9-8-18(2)19(3)15-21/h6-13,15-16H,4-5,14H2,1-3H3,(H,26,28). The fraction of sp³-hybridized carbons (Fsp3) is 0.240. The van der Waals surface area contributed by atoms with Crippen molar-refractivity contribution in [2.24, 2.45) is 0 Å². The Hall–Kier alpha value is -3.12. The third kappa shape index (κ3) is 4.21. The largest absolute Gasteiger partial charge is 0.322 e. The van der Waals surface area contributed by atoms with Crippen LogP contribution < -0.4 is 9.62 Å². The molecule has 0 saturated heterocycles. The number of benzene rings is 3. The van der Waals surface area contributed by atoms with Gasteiger partial charge in [-0.2, -0.15) is 0 Å². The molecule has 0 spiro atoms. The first kappa shape index (κ1) is 21.1. The van der Waals surface area contributed by atoms with Crippen LogP contribution >= 0.6 is 0 Å². The van der Waals surface area contributed by atoms with Crippen LogP contribution in [0.1, 0.15) is 39.0 Å². The van der Waals surface area contributed by atoms with Gasteiger partial charge in [-0.15, -0.1) is 0 Å². The fourth-order valence-corrected chi connectivity index (χ4v) is 5.32. The van der Waals surface area contributed by atoms with Gasteiger partial charge in [-0.25, -0.2) is 8.42 Å². The van der Waals surface area contributed by atoms with Crippen molar-refractivity contribution < 1.29 is 13.2 Å². The van der Waals surface area contributed by atoms with Crippen LogP contribution in [0.3, 0.4) is 0 Å². The van der Waals surface area contributed by atoms with E-state index in [9.17, 15) is 13.2 Å². The molecule has 1 N–H and O–H groups in total. The summed E-state index contributed by atoms with van der Waals surface area (Å²) in [5.74, 6) is -0.216. The first-order valence-corrected chi connectivity index (χ1v) is 11.8. The van der Waals surface area contributed by atoms with Gasteiger partial charge in [-0.1, -0.05) is 29.8 Å².